The number of hydrogen-bond donors (Lipinski definition) is 3. The number of carbonyl (C=O) groups excluding carboxylic acids is 1. The van der Waals surface area contributed by atoms with E-state index in [1.54, 1.807) is 6.20 Å². The summed E-state index contributed by atoms with van der Waals surface area (Å²) in [6.45, 7) is 5.33. The maximum Gasteiger partial charge on any atom is 0.139 e. The second-order valence-corrected chi connectivity index (χ2v) is 6.02. The van der Waals surface area contributed by atoms with E-state index in [1.807, 2.05) is 32.2 Å². The normalized spacial score (nSPS) is 21.8. The number of aromatic nitrogens is 2. The maximum atomic E-state index is 8.00. The number of anilines is 1. The summed E-state index contributed by atoms with van der Waals surface area (Å²) in [4.78, 5) is 17.6. The first-order valence-corrected chi connectivity index (χ1v) is 8.13. The molecule has 0 bridgehead atoms. The molecule has 2 aliphatic rings. The molecule has 2 aromatic heterocycles. The molecule has 0 aromatic carbocycles. The highest BCUT2D eigenvalue weighted by molar-refractivity contribution is 5.88. The van der Waals surface area contributed by atoms with Gasteiger partial charge in [-0.15, -0.1) is 0 Å². The van der Waals surface area contributed by atoms with Gasteiger partial charge in [0, 0.05) is 56.0 Å². The van der Waals surface area contributed by atoms with Crippen molar-refractivity contribution in [2.24, 2.45) is 17.6 Å². The molecule has 142 valence electrons. The van der Waals surface area contributed by atoms with Crippen molar-refractivity contribution in [3.8, 4) is 0 Å². The Morgan fingerprint density at radius 2 is 2.04 bits per heavy atom. The van der Waals surface area contributed by atoms with Crippen LogP contribution in [-0.4, -0.2) is 48.5 Å². The van der Waals surface area contributed by atoms with E-state index in [1.165, 1.54) is 32.4 Å². The van der Waals surface area contributed by atoms with Crippen molar-refractivity contribution in [2.75, 3.05) is 32.1 Å². The molecule has 24 heavy (non-hydrogen) atoms. The van der Waals surface area contributed by atoms with Crippen molar-refractivity contribution in [3.63, 3.8) is 0 Å². The molecule has 2 fully saturated rings. The van der Waals surface area contributed by atoms with E-state index in [2.05, 4.69) is 20.2 Å². The van der Waals surface area contributed by atoms with E-state index >= 15 is 0 Å². The molecule has 0 spiro atoms. The summed E-state index contributed by atoms with van der Waals surface area (Å²) in [7, 11) is 1.90. The number of fused-ring (bicyclic) bond motifs is 2. The van der Waals surface area contributed by atoms with Gasteiger partial charge in [-0.3, -0.25) is 4.90 Å². The number of nitrogens with two attached hydrogens (primary N) is 1. The lowest BCUT2D eigenvalue weighted by Gasteiger charge is -2.12. The average molecular weight is 342 g/mol. The maximum absolute atomic E-state index is 8.00. The molecule has 4 N–H and O–H groups in total. The minimum Gasteiger partial charge on any atom is -0.387 e. The zero-order valence-corrected chi connectivity index (χ0v) is 13.8. The monoisotopic (exact) mass is 341 g/mol. The van der Waals surface area contributed by atoms with Crippen LogP contribution in [0.1, 0.15) is 32.4 Å². The Labute approximate surface area is 150 Å². The largest absolute Gasteiger partial charge is 0.387 e. The smallest absolute Gasteiger partial charge is 0.139 e. The summed E-state index contributed by atoms with van der Waals surface area (Å²) >= 11 is 0. The molecule has 2 aromatic rings. The van der Waals surface area contributed by atoms with Crippen LogP contribution in [0.15, 0.2) is 24.5 Å². The molecule has 1 aliphatic carbocycles. The molecule has 1 aliphatic heterocycles. The predicted molar refractivity (Wildman–Crippen MR) is 109 cm³/mol. The topological polar surface area (TPSA) is 87.0 Å². The van der Waals surface area contributed by atoms with E-state index < -0.39 is 0 Å². The molecular formula is C18H39N5O. The number of H-pyrrole nitrogens is 1. The fourth-order valence-corrected chi connectivity index (χ4v) is 3.66. The quantitative estimate of drug-likeness (QED) is 0.775. The van der Waals surface area contributed by atoms with Crippen molar-refractivity contribution in [3.05, 3.63) is 24.5 Å². The summed E-state index contributed by atoms with van der Waals surface area (Å²) in [5.74, 6) is 2.01. The van der Waals surface area contributed by atoms with Gasteiger partial charge in [0.25, 0.3) is 0 Å². The van der Waals surface area contributed by atoms with Gasteiger partial charge in [-0.1, -0.05) is 13.8 Å². The van der Waals surface area contributed by atoms with Crippen LogP contribution < -0.4 is 11.1 Å². The fraction of sp³-hybridized carbons (Fsp3) is 0.556. The summed E-state index contributed by atoms with van der Waals surface area (Å²) < 4.78 is 0. The molecule has 4 rings (SSSR count). The van der Waals surface area contributed by atoms with Crippen molar-refractivity contribution in [1.29, 1.82) is 0 Å². The van der Waals surface area contributed by atoms with Gasteiger partial charge < -0.3 is 20.8 Å². The third-order valence-corrected chi connectivity index (χ3v) is 4.79. The van der Waals surface area contributed by atoms with Crippen molar-refractivity contribution in [2.45, 2.75) is 26.7 Å². The number of nitrogens with zero attached hydrogens (tertiary/aromatic N) is 2. The van der Waals surface area contributed by atoms with Crippen LogP contribution >= 0.6 is 0 Å². The van der Waals surface area contributed by atoms with Crippen LogP contribution in [0.4, 0.5) is 5.69 Å². The molecule has 0 amide bonds. The third-order valence-electron chi connectivity index (χ3n) is 4.79. The summed E-state index contributed by atoms with van der Waals surface area (Å²) in [6, 6.07) is 3.96. The highest BCUT2D eigenvalue weighted by Crippen LogP contribution is 2.37. The summed E-state index contributed by atoms with van der Waals surface area (Å²) in [5.41, 5.74) is 7.60. The molecule has 1 saturated carbocycles. The lowest BCUT2D eigenvalue weighted by Crippen LogP contribution is -2.28. The van der Waals surface area contributed by atoms with Gasteiger partial charge in [0.05, 0.1) is 0 Å². The van der Waals surface area contributed by atoms with Gasteiger partial charge in [0.2, 0.25) is 0 Å². The zero-order chi connectivity index (χ0) is 16.7. The number of carbonyl (C=O) groups is 1. The van der Waals surface area contributed by atoms with Crippen LogP contribution in [0.5, 0.6) is 0 Å². The standard InChI is InChI=1S/C8H9N3.C8H16N2.CH2O.CH4.4H2/c1-9-7-3-5-11-8-6(7)2-4-10-8;9-6-10-4-7-2-1-3-8(7)5-10;1-2;;;;;/h2-5H,1H3,(H2,9,10,11);7-8H,1-6,9H2;1H2;1H4;4*1H. The van der Waals surface area contributed by atoms with Crippen molar-refractivity contribution < 1.29 is 10.5 Å². The molecule has 0 radical (unpaired) electrons. The van der Waals surface area contributed by atoms with Gasteiger partial charge in [-0.2, -0.15) is 0 Å². The van der Waals surface area contributed by atoms with Crippen LogP contribution in [0.3, 0.4) is 0 Å². The molecule has 2 atom stereocenters. The lowest BCUT2D eigenvalue weighted by molar-refractivity contribution is -0.0979. The van der Waals surface area contributed by atoms with E-state index in [4.69, 9.17) is 10.5 Å². The number of pyridine rings is 1. The summed E-state index contributed by atoms with van der Waals surface area (Å²) in [6.07, 6.45) is 8.05. The predicted octanol–water partition coefficient (Wildman–Crippen LogP) is 3.67. The van der Waals surface area contributed by atoms with E-state index in [0.717, 1.165) is 35.2 Å². The third kappa shape index (κ3) is 4.55. The Morgan fingerprint density at radius 3 is 2.62 bits per heavy atom. The summed E-state index contributed by atoms with van der Waals surface area (Å²) in [5, 5.41) is 4.23. The minimum atomic E-state index is 0. The number of rotatable bonds is 2. The van der Waals surface area contributed by atoms with Gasteiger partial charge in [-0.25, -0.2) is 4.98 Å². The van der Waals surface area contributed by atoms with Crippen LogP contribution in [0.25, 0.3) is 11.0 Å². The van der Waals surface area contributed by atoms with Crippen LogP contribution in [0.2, 0.25) is 0 Å². The van der Waals surface area contributed by atoms with Crippen LogP contribution in [0, 0.1) is 11.8 Å². The first-order valence-electron chi connectivity index (χ1n) is 8.13. The molecule has 2 unspecified atom stereocenters. The van der Waals surface area contributed by atoms with Crippen molar-refractivity contribution in [1.82, 2.24) is 14.9 Å². The first kappa shape index (κ1) is 20.1. The van der Waals surface area contributed by atoms with E-state index in [0.29, 0.717) is 0 Å². The SMILES string of the molecule is C.C=O.CNc1ccnc2[nH]ccc12.NCN1CC2CCCC2C1.[HH].[HH].[HH].[HH]. The Kier molecular flexibility index (Phi) is 8.43. The molecule has 3 heterocycles. The van der Waals surface area contributed by atoms with E-state index in [9.17, 15) is 0 Å². The average Bonchev–Trinajstić information content (AvgIpc) is 3.31. The van der Waals surface area contributed by atoms with Gasteiger partial charge >= 0.3 is 0 Å². The number of nitrogens with one attached hydrogen (secondary N) is 2. The van der Waals surface area contributed by atoms with Gasteiger partial charge in [0.15, 0.2) is 0 Å². The number of likely N-dealkylation sites (tertiary alicyclic amines) is 1. The molecule has 6 heteroatoms. The Balaban J connectivity index is -0.000000163. The number of hydrogen-bond acceptors (Lipinski definition) is 5. The van der Waals surface area contributed by atoms with Gasteiger partial charge in [0.1, 0.15) is 12.4 Å². The Hall–Kier alpha value is -1.92. The number of aromatic amines is 1. The van der Waals surface area contributed by atoms with Crippen LogP contribution in [-0.2, 0) is 4.79 Å². The Bertz CT molecular complexity index is 604. The first-order chi connectivity index (χ1) is 11.3. The lowest BCUT2D eigenvalue weighted by atomic mass is 10.0. The molecule has 6 nitrogen and oxygen atoms in total. The molecular weight excluding hydrogens is 302 g/mol. The Morgan fingerprint density at radius 1 is 1.38 bits per heavy atom. The fourth-order valence-electron chi connectivity index (χ4n) is 3.66. The molecule has 1 saturated heterocycles. The minimum absolute atomic E-state index is 0. The van der Waals surface area contributed by atoms with Gasteiger partial charge in [-0.05, 0) is 36.8 Å². The second-order valence-electron chi connectivity index (χ2n) is 6.02. The van der Waals surface area contributed by atoms with Crippen molar-refractivity contribution >= 4 is 23.5 Å². The highest BCUT2D eigenvalue weighted by Gasteiger charge is 2.35. The zero-order valence-electron chi connectivity index (χ0n) is 13.8. The highest BCUT2D eigenvalue weighted by atomic mass is 16.1. The second kappa shape index (κ2) is 10.1. The van der Waals surface area contributed by atoms with E-state index in [-0.39, 0.29) is 13.1 Å².